The number of hydrogen-bond acceptors (Lipinski definition) is 9. The maximum atomic E-state index is 13.3. The fourth-order valence-electron chi connectivity index (χ4n) is 2.09. The molecule has 24 heavy (non-hydrogen) atoms. The van der Waals surface area contributed by atoms with Crippen molar-refractivity contribution >= 4 is 5.97 Å². The molecular weight excluding hydrogens is 333 g/mol. The number of hydrogen-bond donors (Lipinski definition) is 5. The van der Waals surface area contributed by atoms with Crippen molar-refractivity contribution in [3.05, 3.63) is 32.9 Å². The van der Waals surface area contributed by atoms with Crippen LogP contribution in [0, 0.1) is 5.82 Å². The lowest BCUT2D eigenvalue weighted by Gasteiger charge is -2.17. The number of halogens is 1. The molecule has 6 N–H and O–H groups in total. The van der Waals surface area contributed by atoms with Crippen molar-refractivity contribution in [2.45, 2.75) is 30.6 Å². The number of aromatic nitrogens is 2. The number of carbonyl (C=O) groups excluding carboxylic acids is 1. The number of carbonyl (C=O) groups is 1. The van der Waals surface area contributed by atoms with Crippen LogP contribution in [-0.4, -0.2) is 68.4 Å². The summed E-state index contributed by atoms with van der Waals surface area (Å²) in [6.45, 7) is -1.17. The Morgan fingerprint density at radius 3 is 2.75 bits per heavy atom. The van der Waals surface area contributed by atoms with Gasteiger partial charge in [-0.05, 0) is 0 Å². The van der Waals surface area contributed by atoms with Crippen molar-refractivity contribution in [1.82, 2.24) is 9.55 Å². The molecule has 0 spiro atoms. The Labute approximate surface area is 133 Å². The summed E-state index contributed by atoms with van der Waals surface area (Å²) < 4.78 is 23.8. The number of aromatic amines is 1. The van der Waals surface area contributed by atoms with E-state index < -0.39 is 66.8 Å². The van der Waals surface area contributed by atoms with Crippen molar-refractivity contribution in [3.63, 3.8) is 0 Å². The van der Waals surface area contributed by atoms with E-state index in [4.69, 9.17) is 20.3 Å². The first-order valence-electron chi connectivity index (χ1n) is 6.82. The highest BCUT2D eigenvalue weighted by Gasteiger charge is 2.45. The van der Waals surface area contributed by atoms with Crippen LogP contribution < -0.4 is 17.0 Å². The Morgan fingerprint density at radius 1 is 1.46 bits per heavy atom. The van der Waals surface area contributed by atoms with Crippen LogP contribution in [0.3, 0.4) is 0 Å². The van der Waals surface area contributed by atoms with Crippen molar-refractivity contribution in [3.8, 4) is 0 Å². The smallest absolute Gasteiger partial charge is 0.330 e. The van der Waals surface area contributed by atoms with E-state index in [0.29, 0.717) is 10.8 Å². The van der Waals surface area contributed by atoms with Crippen molar-refractivity contribution in [2.75, 3.05) is 13.2 Å². The molecule has 0 radical (unpaired) electrons. The summed E-state index contributed by atoms with van der Waals surface area (Å²) in [5.74, 6) is -2.25. The summed E-state index contributed by atoms with van der Waals surface area (Å²) in [6.07, 6.45) is -5.42. The summed E-state index contributed by atoms with van der Waals surface area (Å²) in [7, 11) is 0. The quantitative estimate of drug-likeness (QED) is 0.333. The van der Waals surface area contributed by atoms with E-state index in [-0.39, 0.29) is 0 Å². The summed E-state index contributed by atoms with van der Waals surface area (Å²) in [6, 6.07) is -1.28. The molecule has 134 valence electrons. The first-order valence-corrected chi connectivity index (χ1v) is 6.82. The number of nitrogens with one attached hydrogen (secondary N) is 1. The van der Waals surface area contributed by atoms with Gasteiger partial charge in [0.25, 0.3) is 5.56 Å². The van der Waals surface area contributed by atoms with Gasteiger partial charge in [-0.15, -0.1) is 0 Å². The molecule has 0 bridgehead atoms. The number of nitrogens with zero attached hydrogens (tertiary/aromatic N) is 1. The number of aliphatic hydroxyl groups excluding tert-OH is 3. The number of nitrogens with two attached hydrogens (primary N) is 1. The minimum atomic E-state index is -1.65. The van der Waals surface area contributed by atoms with E-state index in [0.717, 1.165) is 0 Å². The minimum Gasteiger partial charge on any atom is -0.462 e. The van der Waals surface area contributed by atoms with E-state index in [1.807, 2.05) is 0 Å². The van der Waals surface area contributed by atoms with Crippen LogP contribution in [-0.2, 0) is 14.3 Å². The zero-order chi connectivity index (χ0) is 18.0. The molecule has 0 amide bonds. The van der Waals surface area contributed by atoms with Gasteiger partial charge in [0.05, 0.1) is 12.8 Å². The topological polar surface area (TPSA) is 177 Å². The second-order valence-corrected chi connectivity index (χ2v) is 5.11. The van der Waals surface area contributed by atoms with Crippen LogP contribution in [0.25, 0.3) is 0 Å². The van der Waals surface area contributed by atoms with E-state index >= 15 is 0 Å². The third-order valence-corrected chi connectivity index (χ3v) is 3.42. The van der Waals surface area contributed by atoms with Crippen LogP contribution in [0.2, 0.25) is 0 Å². The maximum absolute atomic E-state index is 13.3. The molecule has 1 fully saturated rings. The Kier molecular flexibility index (Phi) is 5.46. The van der Waals surface area contributed by atoms with Gasteiger partial charge < -0.3 is 30.5 Å². The molecule has 1 aliphatic rings. The van der Waals surface area contributed by atoms with Gasteiger partial charge in [0.1, 0.15) is 31.0 Å². The Morgan fingerprint density at radius 2 is 2.12 bits per heavy atom. The molecule has 0 saturated carbocycles. The molecule has 2 heterocycles. The van der Waals surface area contributed by atoms with Gasteiger partial charge >= 0.3 is 11.7 Å². The predicted octanol–water partition coefficient (Wildman–Crippen LogP) is -3.84. The summed E-state index contributed by atoms with van der Waals surface area (Å²) in [5, 5.41) is 28.5. The van der Waals surface area contributed by atoms with Gasteiger partial charge in [-0.3, -0.25) is 19.1 Å². The van der Waals surface area contributed by atoms with Gasteiger partial charge in [0.15, 0.2) is 6.23 Å². The average molecular weight is 349 g/mol. The monoisotopic (exact) mass is 349 g/mol. The number of ether oxygens (including phenoxy) is 2. The van der Waals surface area contributed by atoms with Crippen LogP contribution in [0.4, 0.5) is 4.39 Å². The van der Waals surface area contributed by atoms with E-state index in [1.54, 1.807) is 4.98 Å². The van der Waals surface area contributed by atoms with Crippen molar-refractivity contribution in [1.29, 1.82) is 0 Å². The second kappa shape index (κ2) is 7.19. The van der Waals surface area contributed by atoms with E-state index in [1.165, 1.54) is 0 Å². The molecule has 1 aromatic heterocycles. The number of rotatable bonds is 5. The zero-order valence-electron chi connectivity index (χ0n) is 12.2. The van der Waals surface area contributed by atoms with Gasteiger partial charge in [-0.2, -0.15) is 4.39 Å². The second-order valence-electron chi connectivity index (χ2n) is 5.11. The molecule has 5 atom stereocenters. The lowest BCUT2D eigenvalue weighted by molar-refractivity contribution is -0.152. The highest BCUT2D eigenvalue weighted by atomic mass is 19.1. The fourth-order valence-corrected chi connectivity index (χ4v) is 2.09. The normalized spacial score (nSPS) is 27.9. The molecule has 11 nitrogen and oxygen atoms in total. The van der Waals surface area contributed by atoms with Crippen molar-refractivity contribution < 1.29 is 34.0 Å². The van der Waals surface area contributed by atoms with Crippen LogP contribution in [0.1, 0.15) is 6.23 Å². The molecular formula is C12H16FN3O8. The van der Waals surface area contributed by atoms with Gasteiger partial charge in [0.2, 0.25) is 5.82 Å². The highest BCUT2D eigenvalue weighted by molar-refractivity contribution is 5.75. The first kappa shape index (κ1) is 18.2. The Bertz CT molecular complexity index is 719. The average Bonchev–Trinajstić information content (AvgIpc) is 2.83. The zero-order valence-corrected chi connectivity index (χ0v) is 12.2. The summed E-state index contributed by atoms with van der Waals surface area (Å²) >= 11 is 0. The summed E-state index contributed by atoms with van der Waals surface area (Å²) in [5.41, 5.74) is 2.93. The highest BCUT2D eigenvalue weighted by Crippen LogP contribution is 2.28. The fraction of sp³-hybridized carbons (Fsp3) is 0.583. The molecule has 0 aliphatic carbocycles. The standard InChI is InChI=1S/C12H16FN3O8/c13-4-1-16(12(22)15-9(4)20)10-8(19)7(18)6(24-10)3-23-11(21)5(14)2-17/h1,5-8,10,17-19H,2-3,14H2,(H,15,20,22)/t5-,6+,7+,8+,10+/m0/s1. The minimum absolute atomic E-state index is 0.526. The van der Waals surface area contributed by atoms with Gasteiger partial charge in [-0.25, -0.2) is 4.79 Å². The predicted molar refractivity (Wildman–Crippen MR) is 73.2 cm³/mol. The van der Waals surface area contributed by atoms with Crippen LogP contribution in [0.5, 0.6) is 0 Å². The molecule has 12 heteroatoms. The molecule has 0 aromatic carbocycles. The molecule has 1 saturated heterocycles. The largest absolute Gasteiger partial charge is 0.462 e. The lowest BCUT2D eigenvalue weighted by Crippen LogP contribution is -2.40. The Hall–Kier alpha value is -2.12. The summed E-state index contributed by atoms with van der Waals surface area (Å²) in [4.78, 5) is 35.7. The van der Waals surface area contributed by atoms with Crippen LogP contribution >= 0.6 is 0 Å². The van der Waals surface area contributed by atoms with Gasteiger partial charge in [0, 0.05) is 0 Å². The molecule has 1 aliphatic heterocycles. The number of esters is 1. The van der Waals surface area contributed by atoms with E-state index in [9.17, 15) is 29.0 Å². The van der Waals surface area contributed by atoms with Crippen molar-refractivity contribution in [2.24, 2.45) is 5.73 Å². The lowest BCUT2D eigenvalue weighted by atomic mass is 10.1. The molecule has 1 aromatic rings. The van der Waals surface area contributed by atoms with Gasteiger partial charge in [-0.1, -0.05) is 0 Å². The van der Waals surface area contributed by atoms with Crippen LogP contribution in [0.15, 0.2) is 15.8 Å². The number of H-pyrrole nitrogens is 1. The number of aliphatic hydroxyl groups is 3. The van der Waals surface area contributed by atoms with E-state index in [2.05, 4.69) is 0 Å². The SMILES string of the molecule is N[C@@H](CO)C(=O)OC[C@H]1O[C@@H](n2cc(F)c(=O)[nH]c2=O)[C@H](O)[C@@H]1O. The molecule has 0 unspecified atom stereocenters. The maximum Gasteiger partial charge on any atom is 0.330 e. The first-order chi connectivity index (χ1) is 11.3. The Balaban J connectivity index is 2.13. The third-order valence-electron chi connectivity index (χ3n) is 3.42. The molecule has 2 rings (SSSR count). The third kappa shape index (κ3) is 3.52.